The predicted octanol–water partition coefficient (Wildman–Crippen LogP) is 2.76. The minimum Gasteiger partial charge on any atom is -0.342 e. The summed E-state index contributed by atoms with van der Waals surface area (Å²) in [6.45, 7) is 1.80. The van der Waals surface area contributed by atoms with Gasteiger partial charge in [0.1, 0.15) is 5.01 Å². The summed E-state index contributed by atoms with van der Waals surface area (Å²) in [6.07, 6.45) is 5.66. The molecule has 0 bridgehead atoms. The summed E-state index contributed by atoms with van der Waals surface area (Å²) < 4.78 is 0. The molecule has 0 aromatic carbocycles. The van der Waals surface area contributed by atoms with E-state index in [4.69, 9.17) is 0 Å². The SMILES string of the molecule is O=C(Cc1csc(-c2ccccn2)n1)N1CCCCC1. The Kier molecular flexibility index (Phi) is 4.06. The summed E-state index contributed by atoms with van der Waals surface area (Å²) in [5, 5.41) is 2.85. The van der Waals surface area contributed by atoms with Crippen LogP contribution in [0.15, 0.2) is 29.8 Å². The van der Waals surface area contributed by atoms with Gasteiger partial charge in [-0.2, -0.15) is 0 Å². The summed E-state index contributed by atoms with van der Waals surface area (Å²) in [4.78, 5) is 23.0. The number of nitrogens with zero attached hydrogens (tertiary/aromatic N) is 3. The van der Waals surface area contributed by atoms with E-state index in [0.29, 0.717) is 6.42 Å². The van der Waals surface area contributed by atoms with Crippen LogP contribution in [0.25, 0.3) is 10.7 Å². The molecule has 2 aromatic heterocycles. The highest BCUT2D eigenvalue weighted by Crippen LogP contribution is 2.22. The summed E-state index contributed by atoms with van der Waals surface area (Å²) in [5.74, 6) is 0.197. The second-order valence-electron chi connectivity index (χ2n) is 4.98. The molecule has 1 aliphatic heterocycles. The Bertz CT molecular complexity index is 576. The Labute approximate surface area is 122 Å². The fourth-order valence-corrected chi connectivity index (χ4v) is 3.20. The van der Waals surface area contributed by atoms with Gasteiger partial charge in [0.25, 0.3) is 0 Å². The fourth-order valence-electron chi connectivity index (χ4n) is 2.41. The van der Waals surface area contributed by atoms with Crippen LogP contribution in [-0.2, 0) is 11.2 Å². The van der Waals surface area contributed by atoms with Gasteiger partial charge in [0.05, 0.1) is 17.8 Å². The molecule has 5 heteroatoms. The first-order valence-electron chi connectivity index (χ1n) is 6.96. The van der Waals surface area contributed by atoms with Crippen molar-refractivity contribution in [2.24, 2.45) is 0 Å². The molecule has 0 saturated carbocycles. The first kappa shape index (κ1) is 13.2. The van der Waals surface area contributed by atoms with Gasteiger partial charge in [0.15, 0.2) is 0 Å². The first-order chi connectivity index (χ1) is 9.83. The van der Waals surface area contributed by atoms with E-state index in [2.05, 4.69) is 9.97 Å². The average molecular weight is 287 g/mol. The molecule has 20 heavy (non-hydrogen) atoms. The topological polar surface area (TPSA) is 46.1 Å². The highest BCUT2D eigenvalue weighted by molar-refractivity contribution is 7.13. The predicted molar refractivity (Wildman–Crippen MR) is 79.5 cm³/mol. The zero-order valence-corrected chi connectivity index (χ0v) is 12.1. The van der Waals surface area contributed by atoms with Crippen molar-refractivity contribution in [3.05, 3.63) is 35.5 Å². The summed E-state index contributed by atoms with van der Waals surface area (Å²) in [5.41, 5.74) is 1.72. The van der Waals surface area contributed by atoms with Crippen LogP contribution >= 0.6 is 11.3 Å². The van der Waals surface area contributed by atoms with E-state index in [1.165, 1.54) is 6.42 Å². The number of amides is 1. The van der Waals surface area contributed by atoms with Crippen molar-refractivity contribution in [1.82, 2.24) is 14.9 Å². The lowest BCUT2D eigenvalue weighted by Crippen LogP contribution is -2.36. The normalized spacial score (nSPS) is 15.3. The van der Waals surface area contributed by atoms with Gasteiger partial charge in [0, 0.05) is 24.7 Å². The molecule has 3 heterocycles. The van der Waals surface area contributed by atoms with Crippen LogP contribution in [0.2, 0.25) is 0 Å². The molecule has 1 aliphatic rings. The van der Waals surface area contributed by atoms with Crippen LogP contribution in [0.5, 0.6) is 0 Å². The van der Waals surface area contributed by atoms with Gasteiger partial charge in [-0.25, -0.2) is 4.98 Å². The average Bonchev–Trinajstić information content (AvgIpc) is 2.97. The molecule has 1 amide bonds. The van der Waals surface area contributed by atoms with Crippen molar-refractivity contribution in [1.29, 1.82) is 0 Å². The third-order valence-corrected chi connectivity index (χ3v) is 4.39. The maximum Gasteiger partial charge on any atom is 0.228 e. The lowest BCUT2D eigenvalue weighted by atomic mass is 10.1. The Balaban J connectivity index is 1.66. The number of piperidine rings is 1. The number of carbonyl (C=O) groups is 1. The molecule has 1 fully saturated rings. The Morgan fingerprint density at radius 3 is 2.85 bits per heavy atom. The van der Waals surface area contributed by atoms with E-state index in [1.54, 1.807) is 17.5 Å². The quantitative estimate of drug-likeness (QED) is 0.872. The van der Waals surface area contributed by atoms with Crippen LogP contribution in [0.3, 0.4) is 0 Å². The third kappa shape index (κ3) is 3.04. The van der Waals surface area contributed by atoms with Crippen LogP contribution in [0.4, 0.5) is 0 Å². The monoisotopic (exact) mass is 287 g/mol. The lowest BCUT2D eigenvalue weighted by Gasteiger charge is -2.26. The second-order valence-corrected chi connectivity index (χ2v) is 5.84. The number of pyridine rings is 1. The van der Waals surface area contributed by atoms with Crippen LogP contribution in [-0.4, -0.2) is 33.9 Å². The van der Waals surface area contributed by atoms with Gasteiger partial charge in [-0.15, -0.1) is 11.3 Å². The second kappa shape index (κ2) is 6.13. The van der Waals surface area contributed by atoms with Gasteiger partial charge in [-0.1, -0.05) is 6.07 Å². The lowest BCUT2D eigenvalue weighted by molar-refractivity contribution is -0.131. The molecule has 1 saturated heterocycles. The van der Waals surface area contributed by atoms with E-state index in [9.17, 15) is 4.79 Å². The van der Waals surface area contributed by atoms with Gasteiger partial charge in [-0.05, 0) is 31.4 Å². The van der Waals surface area contributed by atoms with Crippen LogP contribution in [0, 0.1) is 0 Å². The molecular weight excluding hydrogens is 270 g/mol. The molecular formula is C15H17N3OS. The zero-order chi connectivity index (χ0) is 13.8. The minimum atomic E-state index is 0.197. The van der Waals surface area contributed by atoms with Crippen molar-refractivity contribution in [3.63, 3.8) is 0 Å². The van der Waals surface area contributed by atoms with E-state index in [1.807, 2.05) is 28.5 Å². The fraction of sp³-hybridized carbons (Fsp3) is 0.400. The van der Waals surface area contributed by atoms with E-state index >= 15 is 0 Å². The number of carbonyl (C=O) groups excluding carboxylic acids is 1. The molecule has 104 valence electrons. The third-order valence-electron chi connectivity index (χ3n) is 3.48. The highest BCUT2D eigenvalue weighted by atomic mass is 32.1. The first-order valence-corrected chi connectivity index (χ1v) is 7.84. The van der Waals surface area contributed by atoms with Crippen molar-refractivity contribution >= 4 is 17.2 Å². The van der Waals surface area contributed by atoms with Gasteiger partial charge in [0.2, 0.25) is 5.91 Å². The summed E-state index contributed by atoms with van der Waals surface area (Å²) in [7, 11) is 0. The maximum absolute atomic E-state index is 12.2. The number of likely N-dealkylation sites (tertiary alicyclic amines) is 1. The minimum absolute atomic E-state index is 0.197. The van der Waals surface area contributed by atoms with Crippen LogP contribution in [0.1, 0.15) is 25.0 Å². The van der Waals surface area contributed by atoms with Gasteiger partial charge < -0.3 is 4.90 Å². The van der Waals surface area contributed by atoms with Crippen molar-refractivity contribution in [3.8, 4) is 10.7 Å². The molecule has 0 unspecified atom stereocenters. The number of thiazole rings is 1. The molecule has 3 rings (SSSR count). The molecule has 0 aliphatic carbocycles. The molecule has 0 spiro atoms. The highest BCUT2D eigenvalue weighted by Gasteiger charge is 2.18. The molecule has 0 atom stereocenters. The number of hydrogen-bond acceptors (Lipinski definition) is 4. The Morgan fingerprint density at radius 2 is 2.10 bits per heavy atom. The largest absolute Gasteiger partial charge is 0.342 e. The Hall–Kier alpha value is -1.75. The summed E-state index contributed by atoms with van der Waals surface area (Å²) in [6, 6.07) is 5.77. The van der Waals surface area contributed by atoms with E-state index in [-0.39, 0.29) is 5.91 Å². The zero-order valence-electron chi connectivity index (χ0n) is 11.3. The smallest absolute Gasteiger partial charge is 0.228 e. The number of rotatable bonds is 3. The van der Waals surface area contributed by atoms with Crippen LogP contribution < -0.4 is 0 Å². The summed E-state index contributed by atoms with van der Waals surface area (Å²) >= 11 is 1.55. The van der Waals surface area contributed by atoms with Crippen molar-refractivity contribution in [2.45, 2.75) is 25.7 Å². The molecule has 0 N–H and O–H groups in total. The number of aromatic nitrogens is 2. The van der Waals surface area contributed by atoms with Crippen molar-refractivity contribution < 1.29 is 4.79 Å². The Morgan fingerprint density at radius 1 is 1.25 bits per heavy atom. The standard InChI is InChI=1S/C15H17N3OS/c19-14(18-8-4-1-5-9-18)10-12-11-20-15(17-12)13-6-2-3-7-16-13/h2-3,6-7,11H,1,4-5,8-10H2. The van der Waals surface area contributed by atoms with Crippen molar-refractivity contribution in [2.75, 3.05) is 13.1 Å². The van der Waals surface area contributed by atoms with E-state index < -0.39 is 0 Å². The maximum atomic E-state index is 12.2. The molecule has 2 aromatic rings. The van der Waals surface area contributed by atoms with E-state index in [0.717, 1.165) is 42.3 Å². The van der Waals surface area contributed by atoms with Gasteiger partial charge >= 0.3 is 0 Å². The molecule has 0 radical (unpaired) electrons. The van der Waals surface area contributed by atoms with Gasteiger partial charge in [-0.3, -0.25) is 9.78 Å². The number of hydrogen-bond donors (Lipinski definition) is 0. The molecule has 4 nitrogen and oxygen atoms in total.